The van der Waals surface area contributed by atoms with Gasteiger partial charge in [0, 0.05) is 18.2 Å². The maximum absolute atomic E-state index is 10.7. The Kier molecular flexibility index (Phi) is 5.32. The fourth-order valence-electron chi connectivity index (χ4n) is 2.56. The summed E-state index contributed by atoms with van der Waals surface area (Å²) in [5.74, 6) is 0.608. The Labute approximate surface area is 129 Å². The number of thiocarbonyl (C=S) groups is 1. The first kappa shape index (κ1) is 15.5. The zero-order valence-corrected chi connectivity index (χ0v) is 12.8. The molecule has 1 aliphatic carbocycles. The normalized spacial score (nSPS) is 21.4. The molecule has 0 saturated heterocycles. The number of nitrogens with one attached hydrogen (secondary N) is 3. The molecule has 1 saturated carbocycles. The number of hydrogen-bond donors (Lipinski definition) is 3. The smallest absolute Gasteiger partial charge is 0.271 e. The molecular formula is C14H20N4O2S. The minimum Gasteiger partial charge on any atom is -0.358 e. The van der Waals surface area contributed by atoms with E-state index >= 15 is 0 Å². The minimum atomic E-state index is -0.425. The summed E-state index contributed by atoms with van der Waals surface area (Å²) in [5, 5.41) is 14.5. The molecule has 2 atom stereocenters. The summed E-state index contributed by atoms with van der Waals surface area (Å²) in [5.41, 5.74) is 6.41. The Morgan fingerprint density at radius 2 is 2.14 bits per heavy atom. The SMILES string of the molecule is C[C@H]1CCCC[C@H]1NC(=S)NNc1cccc([N+](=O)[O-])c1. The van der Waals surface area contributed by atoms with E-state index in [0.717, 1.165) is 6.42 Å². The average molecular weight is 308 g/mol. The number of benzene rings is 1. The molecule has 7 heteroatoms. The maximum Gasteiger partial charge on any atom is 0.271 e. The molecule has 0 radical (unpaired) electrons. The van der Waals surface area contributed by atoms with Gasteiger partial charge in [0.05, 0.1) is 10.6 Å². The van der Waals surface area contributed by atoms with Gasteiger partial charge in [-0.05, 0) is 37.0 Å². The lowest BCUT2D eigenvalue weighted by Gasteiger charge is -2.30. The highest BCUT2D eigenvalue weighted by Crippen LogP contribution is 2.23. The van der Waals surface area contributed by atoms with E-state index in [2.05, 4.69) is 23.1 Å². The lowest BCUT2D eigenvalue weighted by molar-refractivity contribution is -0.384. The Morgan fingerprint density at radius 3 is 2.86 bits per heavy atom. The lowest BCUT2D eigenvalue weighted by atomic mass is 9.86. The van der Waals surface area contributed by atoms with Crippen molar-refractivity contribution in [1.29, 1.82) is 0 Å². The predicted octanol–water partition coefficient (Wildman–Crippen LogP) is 2.96. The average Bonchev–Trinajstić information content (AvgIpc) is 2.48. The third kappa shape index (κ3) is 4.56. The van der Waals surface area contributed by atoms with E-state index in [9.17, 15) is 10.1 Å². The van der Waals surface area contributed by atoms with Gasteiger partial charge in [0.25, 0.3) is 5.69 Å². The van der Waals surface area contributed by atoms with Gasteiger partial charge in [0.1, 0.15) is 0 Å². The van der Waals surface area contributed by atoms with Crippen molar-refractivity contribution in [3.05, 3.63) is 34.4 Å². The van der Waals surface area contributed by atoms with Crippen LogP contribution in [0.3, 0.4) is 0 Å². The monoisotopic (exact) mass is 308 g/mol. The molecule has 0 heterocycles. The molecule has 114 valence electrons. The van der Waals surface area contributed by atoms with Crippen molar-refractivity contribution in [2.75, 3.05) is 5.43 Å². The van der Waals surface area contributed by atoms with Gasteiger partial charge in [0.2, 0.25) is 0 Å². The number of nitro groups is 1. The second kappa shape index (κ2) is 7.21. The fourth-order valence-corrected chi connectivity index (χ4v) is 2.76. The van der Waals surface area contributed by atoms with E-state index in [4.69, 9.17) is 12.2 Å². The van der Waals surface area contributed by atoms with Crippen molar-refractivity contribution >= 4 is 28.7 Å². The molecule has 2 rings (SSSR count). The van der Waals surface area contributed by atoms with E-state index < -0.39 is 4.92 Å². The molecular weight excluding hydrogens is 288 g/mol. The van der Waals surface area contributed by atoms with E-state index in [1.165, 1.54) is 31.4 Å². The molecule has 1 aliphatic rings. The molecule has 3 N–H and O–H groups in total. The van der Waals surface area contributed by atoms with Gasteiger partial charge >= 0.3 is 0 Å². The number of anilines is 1. The zero-order chi connectivity index (χ0) is 15.2. The van der Waals surface area contributed by atoms with Crippen molar-refractivity contribution in [3.63, 3.8) is 0 Å². The molecule has 0 aliphatic heterocycles. The van der Waals surface area contributed by atoms with Crippen molar-refractivity contribution in [3.8, 4) is 0 Å². The van der Waals surface area contributed by atoms with Crippen LogP contribution in [0.4, 0.5) is 11.4 Å². The maximum atomic E-state index is 10.7. The summed E-state index contributed by atoms with van der Waals surface area (Å²) in [6.45, 7) is 2.23. The third-order valence-electron chi connectivity index (χ3n) is 3.81. The topological polar surface area (TPSA) is 79.2 Å². The van der Waals surface area contributed by atoms with Crippen LogP contribution in [0.5, 0.6) is 0 Å². The van der Waals surface area contributed by atoms with E-state index in [1.807, 2.05) is 0 Å². The van der Waals surface area contributed by atoms with Gasteiger partial charge in [-0.3, -0.25) is 21.0 Å². The van der Waals surface area contributed by atoms with Crippen LogP contribution in [0.15, 0.2) is 24.3 Å². The minimum absolute atomic E-state index is 0.0431. The molecule has 0 bridgehead atoms. The van der Waals surface area contributed by atoms with Gasteiger partial charge in [-0.2, -0.15) is 0 Å². The largest absolute Gasteiger partial charge is 0.358 e. The number of non-ortho nitro benzene ring substituents is 1. The fraction of sp³-hybridized carbons (Fsp3) is 0.500. The van der Waals surface area contributed by atoms with Crippen LogP contribution >= 0.6 is 12.2 Å². The highest BCUT2D eigenvalue weighted by molar-refractivity contribution is 7.80. The van der Waals surface area contributed by atoms with Crippen molar-refractivity contribution in [2.24, 2.45) is 5.92 Å². The second-order valence-corrected chi connectivity index (χ2v) is 5.81. The lowest BCUT2D eigenvalue weighted by Crippen LogP contribution is -2.47. The first-order valence-corrected chi connectivity index (χ1v) is 7.54. The van der Waals surface area contributed by atoms with Gasteiger partial charge in [-0.15, -0.1) is 0 Å². The summed E-state index contributed by atoms with van der Waals surface area (Å²) < 4.78 is 0. The molecule has 0 amide bonds. The first-order chi connectivity index (χ1) is 10.1. The summed E-state index contributed by atoms with van der Waals surface area (Å²) >= 11 is 5.25. The summed E-state index contributed by atoms with van der Waals surface area (Å²) in [4.78, 5) is 10.3. The van der Waals surface area contributed by atoms with Crippen molar-refractivity contribution in [2.45, 2.75) is 38.6 Å². The van der Waals surface area contributed by atoms with Crippen LogP contribution in [-0.4, -0.2) is 16.1 Å². The number of rotatable bonds is 4. The Hall–Kier alpha value is -1.89. The number of nitrogens with zero attached hydrogens (tertiary/aromatic N) is 1. The standard InChI is InChI=1S/C14H20N4O2S/c1-10-5-2-3-8-13(10)15-14(21)17-16-11-6-4-7-12(9-11)18(19)20/h4,6-7,9-10,13,16H,2-3,5,8H2,1H3,(H2,15,17,21)/t10-,13+/m0/s1. The van der Waals surface area contributed by atoms with Crippen LogP contribution in [0.1, 0.15) is 32.6 Å². The van der Waals surface area contributed by atoms with Gasteiger partial charge in [0.15, 0.2) is 5.11 Å². The summed E-state index contributed by atoms with van der Waals surface area (Å²) in [6.07, 6.45) is 4.85. The highest BCUT2D eigenvalue weighted by atomic mass is 32.1. The van der Waals surface area contributed by atoms with Crippen LogP contribution in [0.25, 0.3) is 0 Å². The Bertz CT molecular complexity index is 523. The van der Waals surface area contributed by atoms with Crippen molar-refractivity contribution in [1.82, 2.24) is 10.7 Å². The predicted molar refractivity (Wildman–Crippen MR) is 87.0 cm³/mol. The van der Waals surface area contributed by atoms with E-state index in [0.29, 0.717) is 22.8 Å². The molecule has 0 aromatic heterocycles. The van der Waals surface area contributed by atoms with Crippen LogP contribution in [0, 0.1) is 16.0 Å². The first-order valence-electron chi connectivity index (χ1n) is 7.13. The molecule has 6 nitrogen and oxygen atoms in total. The zero-order valence-electron chi connectivity index (χ0n) is 12.0. The number of hydrazine groups is 1. The van der Waals surface area contributed by atoms with Gasteiger partial charge < -0.3 is 5.32 Å². The van der Waals surface area contributed by atoms with Crippen LogP contribution in [-0.2, 0) is 0 Å². The van der Waals surface area contributed by atoms with Crippen LogP contribution in [0.2, 0.25) is 0 Å². The van der Waals surface area contributed by atoms with Crippen LogP contribution < -0.4 is 16.2 Å². The quantitative estimate of drug-likeness (QED) is 0.451. The van der Waals surface area contributed by atoms with Crippen molar-refractivity contribution < 1.29 is 4.92 Å². The van der Waals surface area contributed by atoms with Gasteiger partial charge in [-0.1, -0.05) is 25.8 Å². The molecule has 1 aromatic carbocycles. The Balaban J connectivity index is 1.83. The third-order valence-corrected chi connectivity index (χ3v) is 4.03. The molecule has 0 unspecified atom stereocenters. The molecule has 21 heavy (non-hydrogen) atoms. The van der Waals surface area contributed by atoms with E-state index in [1.54, 1.807) is 12.1 Å². The highest BCUT2D eigenvalue weighted by Gasteiger charge is 2.21. The summed E-state index contributed by atoms with van der Waals surface area (Å²) in [6, 6.07) is 6.67. The van der Waals surface area contributed by atoms with E-state index in [-0.39, 0.29) is 5.69 Å². The number of hydrogen-bond acceptors (Lipinski definition) is 4. The Morgan fingerprint density at radius 1 is 1.38 bits per heavy atom. The second-order valence-electron chi connectivity index (χ2n) is 5.40. The molecule has 1 aromatic rings. The van der Waals surface area contributed by atoms with Gasteiger partial charge in [-0.25, -0.2) is 0 Å². The summed E-state index contributed by atoms with van der Waals surface area (Å²) in [7, 11) is 0. The molecule has 1 fully saturated rings. The molecule has 0 spiro atoms. The number of nitro benzene ring substituents is 1.